The first-order valence-corrected chi connectivity index (χ1v) is 7.14. The van der Waals surface area contributed by atoms with Gasteiger partial charge < -0.3 is 15.2 Å². The number of aliphatic hydroxyl groups excluding tert-OH is 1. The molecule has 0 unspecified atom stereocenters. The lowest BCUT2D eigenvalue weighted by Gasteiger charge is -2.24. The number of anilines is 1. The molecule has 118 valence electrons. The topological polar surface area (TPSA) is 82.3 Å². The third kappa shape index (κ3) is 4.09. The summed E-state index contributed by atoms with van der Waals surface area (Å²) in [6, 6.07) is 15.4. The van der Waals surface area contributed by atoms with Crippen molar-refractivity contribution in [3.05, 3.63) is 59.7 Å². The van der Waals surface area contributed by atoms with Crippen LogP contribution in [0.2, 0.25) is 0 Å². The number of carbonyl (C=O) groups is 1. The SMILES string of the molecule is COc1ccc(N[C@H](c2cccc(C#N)c2)[C@H](O)C(C)=O)cc1. The molecule has 5 nitrogen and oxygen atoms in total. The maximum Gasteiger partial charge on any atom is 0.160 e. The monoisotopic (exact) mass is 310 g/mol. The summed E-state index contributed by atoms with van der Waals surface area (Å²) in [6.45, 7) is 1.33. The molecule has 0 heterocycles. The van der Waals surface area contributed by atoms with Crippen LogP contribution < -0.4 is 10.1 Å². The number of nitrogens with one attached hydrogen (secondary N) is 1. The number of nitrogens with zero attached hydrogens (tertiary/aromatic N) is 1. The normalized spacial score (nSPS) is 12.8. The third-order valence-electron chi connectivity index (χ3n) is 3.52. The molecular weight excluding hydrogens is 292 g/mol. The van der Waals surface area contributed by atoms with Crippen molar-refractivity contribution in [2.45, 2.75) is 19.1 Å². The minimum absolute atomic E-state index is 0.349. The standard InChI is InChI=1S/C18H18N2O3/c1-12(21)18(22)17(14-5-3-4-13(10-14)11-19)20-15-6-8-16(23-2)9-7-15/h3-10,17-18,20,22H,1-2H3/t17-,18-/m1/s1. The molecule has 0 radical (unpaired) electrons. The van der Waals surface area contributed by atoms with E-state index in [4.69, 9.17) is 10.00 Å². The lowest BCUT2D eigenvalue weighted by molar-refractivity contribution is -0.125. The quantitative estimate of drug-likeness (QED) is 0.857. The van der Waals surface area contributed by atoms with Crippen LogP contribution in [0.3, 0.4) is 0 Å². The van der Waals surface area contributed by atoms with Crippen LogP contribution in [0.15, 0.2) is 48.5 Å². The first-order valence-electron chi connectivity index (χ1n) is 7.14. The molecule has 0 aliphatic carbocycles. The Morgan fingerprint density at radius 3 is 2.52 bits per heavy atom. The fourth-order valence-electron chi connectivity index (χ4n) is 2.25. The largest absolute Gasteiger partial charge is 0.497 e. The molecule has 0 aliphatic heterocycles. The van der Waals surface area contributed by atoms with Crippen molar-refractivity contribution in [2.24, 2.45) is 0 Å². The Morgan fingerprint density at radius 1 is 1.26 bits per heavy atom. The Hall–Kier alpha value is -2.84. The maximum atomic E-state index is 11.6. The Bertz CT molecular complexity index is 720. The maximum absolute atomic E-state index is 11.6. The number of methoxy groups -OCH3 is 1. The molecule has 2 aromatic carbocycles. The van der Waals surface area contributed by atoms with Crippen LogP contribution in [0, 0.1) is 11.3 Å². The zero-order valence-electron chi connectivity index (χ0n) is 13.0. The number of benzene rings is 2. The van der Waals surface area contributed by atoms with E-state index in [-0.39, 0.29) is 5.78 Å². The number of carbonyl (C=O) groups excluding carboxylic acids is 1. The first-order chi connectivity index (χ1) is 11.0. The van der Waals surface area contributed by atoms with Crippen LogP contribution in [-0.4, -0.2) is 24.1 Å². The number of hydrogen-bond acceptors (Lipinski definition) is 5. The highest BCUT2D eigenvalue weighted by molar-refractivity contribution is 5.81. The van der Waals surface area contributed by atoms with Gasteiger partial charge in [-0.25, -0.2) is 0 Å². The van der Waals surface area contributed by atoms with Crippen LogP contribution in [0.1, 0.15) is 24.1 Å². The first kappa shape index (κ1) is 16.5. The molecule has 2 N–H and O–H groups in total. The lowest BCUT2D eigenvalue weighted by Crippen LogP contribution is -2.31. The van der Waals surface area contributed by atoms with Gasteiger partial charge >= 0.3 is 0 Å². The molecule has 2 rings (SSSR count). The van der Waals surface area contributed by atoms with Gasteiger partial charge in [0.15, 0.2) is 5.78 Å². The number of ether oxygens (including phenoxy) is 1. The summed E-state index contributed by atoms with van der Waals surface area (Å²) in [5, 5.41) is 22.4. The predicted molar refractivity (Wildman–Crippen MR) is 87.2 cm³/mol. The molecular formula is C18H18N2O3. The number of hydrogen-bond donors (Lipinski definition) is 2. The van der Waals surface area contributed by atoms with Crippen molar-refractivity contribution in [3.63, 3.8) is 0 Å². The van der Waals surface area contributed by atoms with Crippen molar-refractivity contribution in [2.75, 3.05) is 12.4 Å². The van der Waals surface area contributed by atoms with Crippen LogP contribution >= 0.6 is 0 Å². The molecule has 2 atom stereocenters. The van der Waals surface area contributed by atoms with Gasteiger partial charge in [-0.3, -0.25) is 4.79 Å². The van der Waals surface area contributed by atoms with Crippen molar-refractivity contribution in [1.29, 1.82) is 5.26 Å². The van der Waals surface area contributed by atoms with E-state index in [1.54, 1.807) is 55.6 Å². The summed E-state index contributed by atoms with van der Waals surface area (Å²) in [6.07, 6.45) is -1.22. The second-order valence-electron chi connectivity index (χ2n) is 5.14. The zero-order valence-corrected chi connectivity index (χ0v) is 13.0. The Kier molecular flexibility index (Phi) is 5.34. The van der Waals surface area contributed by atoms with Gasteiger partial charge in [-0.15, -0.1) is 0 Å². The second kappa shape index (κ2) is 7.43. The van der Waals surface area contributed by atoms with Gasteiger partial charge in [0.05, 0.1) is 24.8 Å². The van der Waals surface area contributed by atoms with E-state index in [1.165, 1.54) is 6.92 Å². The van der Waals surface area contributed by atoms with Crippen LogP contribution in [0.5, 0.6) is 5.75 Å². The lowest BCUT2D eigenvalue weighted by atomic mass is 9.97. The second-order valence-corrected chi connectivity index (χ2v) is 5.14. The summed E-state index contributed by atoms with van der Waals surface area (Å²) >= 11 is 0. The number of nitriles is 1. The van der Waals surface area contributed by atoms with E-state index in [0.717, 1.165) is 5.69 Å². The van der Waals surface area contributed by atoms with Gasteiger partial charge in [0.25, 0.3) is 0 Å². The fourth-order valence-corrected chi connectivity index (χ4v) is 2.25. The Labute approximate surface area is 135 Å². The highest BCUT2D eigenvalue weighted by Crippen LogP contribution is 2.25. The molecule has 5 heteroatoms. The zero-order chi connectivity index (χ0) is 16.8. The van der Waals surface area contributed by atoms with Crippen molar-refractivity contribution in [3.8, 4) is 11.8 Å². The highest BCUT2D eigenvalue weighted by Gasteiger charge is 2.25. The summed E-state index contributed by atoms with van der Waals surface area (Å²) in [5.74, 6) is 0.365. The fraction of sp³-hybridized carbons (Fsp3) is 0.222. The van der Waals surface area contributed by atoms with Gasteiger partial charge in [0, 0.05) is 5.69 Å². The predicted octanol–water partition coefficient (Wildman–Crippen LogP) is 2.67. The highest BCUT2D eigenvalue weighted by atomic mass is 16.5. The molecule has 23 heavy (non-hydrogen) atoms. The van der Waals surface area contributed by atoms with Gasteiger partial charge in [0.1, 0.15) is 11.9 Å². The molecule has 0 amide bonds. The van der Waals surface area contributed by atoms with Crippen LogP contribution in [-0.2, 0) is 4.79 Å². The molecule has 0 saturated heterocycles. The van der Waals surface area contributed by atoms with Crippen molar-refractivity contribution in [1.82, 2.24) is 0 Å². The number of aliphatic hydroxyl groups is 1. The molecule has 0 spiro atoms. The average Bonchev–Trinajstić information content (AvgIpc) is 2.59. The van der Waals surface area contributed by atoms with E-state index in [9.17, 15) is 9.90 Å². The van der Waals surface area contributed by atoms with Crippen molar-refractivity contribution < 1.29 is 14.6 Å². The van der Waals surface area contributed by atoms with E-state index in [0.29, 0.717) is 16.9 Å². The smallest absolute Gasteiger partial charge is 0.160 e. The molecule has 0 bridgehead atoms. The number of rotatable bonds is 6. The average molecular weight is 310 g/mol. The summed E-state index contributed by atoms with van der Waals surface area (Å²) in [5.41, 5.74) is 1.88. The number of ketones is 1. The van der Waals surface area contributed by atoms with E-state index >= 15 is 0 Å². The molecule has 0 fully saturated rings. The summed E-state index contributed by atoms with van der Waals surface area (Å²) < 4.78 is 5.11. The van der Waals surface area contributed by atoms with E-state index < -0.39 is 12.1 Å². The van der Waals surface area contributed by atoms with Crippen molar-refractivity contribution >= 4 is 11.5 Å². The molecule has 2 aromatic rings. The summed E-state index contributed by atoms with van der Waals surface area (Å²) in [4.78, 5) is 11.6. The van der Waals surface area contributed by atoms with Gasteiger partial charge in [-0.05, 0) is 48.9 Å². The minimum atomic E-state index is -1.22. The van der Waals surface area contributed by atoms with E-state index in [2.05, 4.69) is 11.4 Å². The summed E-state index contributed by atoms with van der Waals surface area (Å²) in [7, 11) is 1.58. The van der Waals surface area contributed by atoms with E-state index in [1.807, 2.05) is 0 Å². The molecule has 0 saturated carbocycles. The molecule has 0 aliphatic rings. The van der Waals surface area contributed by atoms with Crippen LogP contribution in [0.25, 0.3) is 0 Å². The van der Waals surface area contributed by atoms with Gasteiger partial charge in [-0.1, -0.05) is 12.1 Å². The molecule has 0 aromatic heterocycles. The Balaban J connectivity index is 2.33. The number of Topliss-reactive ketones (excluding diaryl/α,β-unsaturated/α-hetero) is 1. The van der Waals surface area contributed by atoms with Gasteiger partial charge in [-0.2, -0.15) is 5.26 Å². The Morgan fingerprint density at radius 2 is 1.96 bits per heavy atom. The third-order valence-corrected chi connectivity index (χ3v) is 3.52. The van der Waals surface area contributed by atoms with Crippen LogP contribution in [0.4, 0.5) is 5.69 Å². The minimum Gasteiger partial charge on any atom is -0.497 e. The van der Waals surface area contributed by atoms with Gasteiger partial charge in [0.2, 0.25) is 0 Å².